The zero-order valence-corrected chi connectivity index (χ0v) is 13.6. The highest BCUT2D eigenvalue weighted by Crippen LogP contribution is 2.26. The van der Waals surface area contributed by atoms with Crippen LogP contribution >= 0.6 is 0 Å². The number of nitrogens with two attached hydrogens (primary N) is 1. The number of rotatable bonds is 5. The van der Waals surface area contributed by atoms with Crippen molar-refractivity contribution in [1.82, 2.24) is 19.6 Å². The number of hydrogen-bond acceptors (Lipinski definition) is 4. The number of carbonyl (C=O) groups excluding carboxylic acids is 1. The normalized spacial score (nSPS) is 15.9. The van der Waals surface area contributed by atoms with Crippen LogP contribution < -0.4 is 5.73 Å². The molecule has 0 aliphatic heterocycles. The van der Waals surface area contributed by atoms with E-state index in [1.807, 2.05) is 25.9 Å². The van der Waals surface area contributed by atoms with Gasteiger partial charge in [0.25, 0.3) is 5.91 Å². The van der Waals surface area contributed by atoms with Crippen LogP contribution in [0.15, 0.2) is 0 Å². The Labute approximate surface area is 126 Å². The van der Waals surface area contributed by atoms with E-state index in [4.69, 9.17) is 5.73 Å². The molecule has 1 saturated carbocycles. The number of nitrogen functional groups attached to an aromatic ring is 1. The minimum Gasteiger partial charge on any atom is -0.395 e. The van der Waals surface area contributed by atoms with E-state index in [-0.39, 0.29) is 5.91 Å². The Kier molecular flexibility index (Phi) is 4.88. The summed E-state index contributed by atoms with van der Waals surface area (Å²) in [4.78, 5) is 17.1. The van der Waals surface area contributed by atoms with Crippen molar-refractivity contribution in [3.8, 4) is 0 Å². The Morgan fingerprint density at radius 3 is 2.43 bits per heavy atom. The van der Waals surface area contributed by atoms with Crippen LogP contribution in [0.25, 0.3) is 0 Å². The number of anilines is 1. The highest BCUT2D eigenvalue weighted by atomic mass is 16.2. The Bertz CT molecular complexity index is 502. The number of carbonyl (C=O) groups is 1. The van der Waals surface area contributed by atoms with Crippen LogP contribution in [0.5, 0.6) is 0 Å². The first-order valence-electron chi connectivity index (χ1n) is 7.66. The van der Waals surface area contributed by atoms with Crippen molar-refractivity contribution in [1.29, 1.82) is 0 Å². The molecular formula is C15H27N5O. The van der Waals surface area contributed by atoms with Gasteiger partial charge in [0.2, 0.25) is 0 Å². The first-order valence-corrected chi connectivity index (χ1v) is 7.66. The number of nitrogens with zero attached hydrogens (tertiary/aromatic N) is 4. The Morgan fingerprint density at radius 1 is 1.33 bits per heavy atom. The molecule has 118 valence electrons. The Morgan fingerprint density at radius 2 is 1.95 bits per heavy atom. The predicted molar refractivity (Wildman–Crippen MR) is 84.2 cm³/mol. The third-order valence-electron chi connectivity index (χ3n) is 4.29. The summed E-state index contributed by atoms with van der Waals surface area (Å²) in [5, 5.41) is 4.27. The summed E-state index contributed by atoms with van der Waals surface area (Å²) >= 11 is 0. The SMILES string of the molecule is Cc1nn(C)c(C(=O)N(CCN(C)C)C2CCCC2)c1N. The second kappa shape index (κ2) is 6.47. The number of hydrogen-bond donors (Lipinski definition) is 1. The maximum absolute atomic E-state index is 13.0. The van der Waals surface area contributed by atoms with Gasteiger partial charge in [0.1, 0.15) is 5.69 Å². The fourth-order valence-electron chi connectivity index (χ4n) is 3.04. The van der Waals surface area contributed by atoms with Gasteiger partial charge in [-0.15, -0.1) is 0 Å². The van der Waals surface area contributed by atoms with Gasteiger partial charge in [-0.2, -0.15) is 5.10 Å². The van der Waals surface area contributed by atoms with Gasteiger partial charge in [-0.05, 0) is 33.9 Å². The van der Waals surface area contributed by atoms with Gasteiger partial charge >= 0.3 is 0 Å². The van der Waals surface area contributed by atoms with Gasteiger partial charge in [-0.1, -0.05) is 12.8 Å². The number of aromatic nitrogens is 2. The summed E-state index contributed by atoms with van der Waals surface area (Å²) in [6.45, 7) is 3.44. The minimum atomic E-state index is 0.0179. The zero-order chi connectivity index (χ0) is 15.6. The van der Waals surface area contributed by atoms with Crippen LogP contribution in [-0.2, 0) is 7.05 Å². The van der Waals surface area contributed by atoms with Crippen LogP contribution in [0.4, 0.5) is 5.69 Å². The van der Waals surface area contributed by atoms with E-state index < -0.39 is 0 Å². The Balaban J connectivity index is 2.24. The number of aryl methyl sites for hydroxylation is 2. The largest absolute Gasteiger partial charge is 0.395 e. The lowest BCUT2D eigenvalue weighted by atomic mass is 10.1. The van der Waals surface area contributed by atoms with E-state index in [9.17, 15) is 4.79 Å². The van der Waals surface area contributed by atoms with Gasteiger partial charge in [-0.3, -0.25) is 9.48 Å². The summed E-state index contributed by atoms with van der Waals surface area (Å²) in [5.41, 5.74) is 7.81. The molecule has 1 aromatic heterocycles. The van der Waals surface area contributed by atoms with Crippen molar-refractivity contribution in [3.05, 3.63) is 11.4 Å². The molecule has 0 radical (unpaired) electrons. The molecule has 0 aromatic carbocycles. The second-order valence-corrected chi connectivity index (χ2v) is 6.21. The maximum Gasteiger partial charge on any atom is 0.274 e. The molecule has 1 fully saturated rings. The fraction of sp³-hybridized carbons (Fsp3) is 0.733. The number of likely N-dealkylation sites (N-methyl/N-ethyl adjacent to an activating group) is 1. The van der Waals surface area contributed by atoms with Gasteiger partial charge in [0.15, 0.2) is 0 Å². The van der Waals surface area contributed by atoms with Gasteiger partial charge in [0.05, 0.1) is 11.4 Å². The highest BCUT2D eigenvalue weighted by molar-refractivity contribution is 5.98. The topological polar surface area (TPSA) is 67.4 Å². The summed E-state index contributed by atoms with van der Waals surface area (Å²) in [5.74, 6) is 0.0179. The molecular weight excluding hydrogens is 266 g/mol. The second-order valence-electron chi connectivity index (χ2n) is 6.21. The summed E-state index contributed by atoms with van der Waals surface area (Å²) in [7, 11) is 5.84. The maximum atomic E-state index is 13.0. The molecule has 1 aliphatic rings. The van der Waals surface area contributed by atoms with E-state index in [1.165, 1.54) is 12.8 Å². The molecule has 6 nitrogen and oxygen atoms in total. The van der Waals surface area contributed by atoms with Crippen molar-refractivity contribution >= 4 is 11.6 Å². The molecule has 2 N–H and O–H groups in total. The fourth-order valence-corrected chi connectivity index (χ4v) is 3.04. The van der Waals surface area contributed by atoms with E-state index in [1.54, 1.807) is 11.7 Å². The first kappa shape index (κ1) is 15.8. The lowest BCUT2D eigenvalue weighted by molar-refractivity contribution is 0.0657. The standard InChI is InChI=1S/C15H27N5O/c1-11-13(16)14(19(4)17-11)15(21)20(10-9-18(2)3)12-7-5-6-8-12/h12H,5-10,16H2,1-4H3. The van der Waals surface area contributed by atoms with Crippen molar-refractivity contribution in [2.45, 2.75) is 38.6 Å². The summed E-state index contributed by atoms with van der Waals surface area (Å²) in [6.07, 6.45) is 4.60. The molecule has 2 rings (SSSR count). The van der Waals surface area contributed by atoms with Crippen LogP contribution in [0.1, 0.15) is 41.9 Å². The van der Waals surface area contributed by atoms with Gasteiger partial charge in [0, 0.05) is 26.2 Å². The molecule has 0 bridgehead atoms. The Hall–Kier alpha value is -1.56. The first-order chi connectivity index (χ1) is 9.91. The average Bonchev–Trinajstić information content (AvgIpc) is 2.99. The molecule has 0 spiro atoms. The van der Waals surface area contributed by atoms with Crippen LogP contribution in [0, 0.1) is 6.92 Å². The molecule has 1 aromatic rings. The van der Waals surface area contributed by atoms with Crippen LogP contribution in [0.3, 0.4) is 0 Å². The zero-order valence-electron chi connectivity index (χ0n) is 13.6. The van der Waals surface area contributed by atoms with Gasteiger partial charge in [-0.25, -0.2) is 0 Å². The molecule has 1 amide bonds. The molecule has 0 atom stereocenters. The van der Waals surface area contributed by atoms with E-state index in [0.717, 1.165) is 31.6 Å². The third-order valence-corrected chi connectivity index (χ3v) is 4.29. The summed E-state index contributed by atoms with van der Waals surface area (Å²) in [6, 6.07) is 0.340. The summed E-state index contributed by atoms with van der Waals surface area (Å²) < 4.78 is 1.62. The quantitative estimate of drug-likeness (QED) is 0.887. The van der Waals surface area contributed by atoms with Gasteiger partial charge < -0.3 is 15.5 Å². The van der Waals surface area contributed by atoms with E-state index >= 15 is 0 Å². The highest BCUT2D eigenvalue weighted by Gasteiger charge is 2.30. The molecule has 0 unspecified atom stereocenters. The molecule has 0 saturated heterocycles. The molecule has 1 heterocycles. The van der Waals surface area contributed by atoms with Crippen molar-refractivity contribution in [2.75, 3.05) is 32.9 Å². The lowest BCUT2D eigenvalue weighted by Crippen LogP contribution is -2.43. The van der Waals surface area contributed by atoms with Crippen molar-refractivity contribution in [2.24, 2.45) is 7.05 Å². The number of amides is 1. The molecule has 6 heteroatoms. The molecule has 1 aliphatic carbocycles. The monoisotopic (exact) mass is 293 g/mol. The minimum absolute atomic E-state index is 0.0179. The third kappa shape index (κ3) is 3.37. The van der Waals surface area contributed by atoms with Crippen molar-refractivity contribution in [3.63, 3.8) is 0 Å². The van der Waals surface area contributed by atoms with E-state index in [2.05, 4.69) is 10.00 Å². The van der Waals surface area contributed by atoms with Crippen molar-refractivity contribution < 1.29 is 4.79 Å². The average molecular weight is 293 g/mol. The smallest absolute Gasteiger partial charge is 0.274 e. The lowest BCUT2D eigenvalue weighted by Gasteiger charge is -2.30. The van der Waals surface area contributed by atoms with E-state index in [0.29, 0.717) is 17.4 Å². The van der Waals surface area contributed by atoms with Crippen LogP contribution in [0.2, 0.25) is 0 Å². The van der Waals surface area contributed by atoms with Crippen LogP contribution in [-0.4, -0.2) is 58.7 Å². The molecule has 21 heavy (non-hydrogen) atoms. The predicted octanol–water partition coefficient (Wildman–Crippen LogP) is 1.26.